The van der Waals surface area contributed by atoms with Gasteiger partial charge in [-0.15, -0.1) is 0 Å². The van der Waals surface area contributed by atoms with Crippen molar-refractivity contribution in [1.82, 2.24) is 29.7 Å². The molecule has 4 aromatic rings. The molecule has 2 amide bonds. The zero-order valence-electron chi connectivity index (χ0n) is 41.9. The Morgan fingerprint density at radius 2 is 1.47 bits per heavy atom. The smallest absolute Gasteiger partial charge is 0.332 e. The van der Waals surface area contributed by atoms with Gasteiger partial charge in [-0.05, 0) is 75.9 Å². The minimum Gasteiger partial charge on any atom is -0.744 e. The summed E-state index contributed by atoms with van der Waals surface area (Å²) in [6.45, 7) is 13.1. The van der Waals surface area contributed by atoms with E-state index < -0.39 is 42.3 Å². The zero-order valence-corrected chi connectivity index (χ0v) is 43.6. The van der Waals surface area contributed by atoms with E-state index in [4.69, 9.17) is 9.47 Å². The van der Waals surface area contributed by atoms with Gasteiger partial charge in [0.05, 0.1) is 41.6 Å². The Morgan fingerprint density at radius 1 is 0.819 bits per heavy atom. The van der Waals surface area contributed by atoms with Crippen LogP contribution in [0.25, 0.3) is 11.2 Å². The number of unbranched alkanes of at least 4 members (excludes halogenated alkanes) is 2. The summed E-state index contributed by atoms with van der Waals surface area (Å²) in [5, 5.41) is 5.67. The third kappa shape index (κ3) is 12.8. The van der Waals surface area contributed by atoms with Crippen molar-refractivity contribution in [2.24, 2.45) is 14.1 Å². The number of nitrogens with zero attached hydrogens (tertiary/aromatic N) is 5. The third-order valence-corrected chi connectivity index (χ3v) is 14.8. The molecule has 0 spiro atoms. The predicted molar refractivity (Wildman–Crippen MR) is 272 cm³/mol. The van der Waals surface area contributed by atoms with Crippen LogP contribution in [0.4, 0.5) is 11.4 Å². The van der Waals surface area contributed by atoms with E-state index >= 15 is 0 Å². The van der Waals surface area contributed by atoms with E-state index in [0.717, 1.165) is 39.2 Å². The fourth-order valence-electron chi connectivity index (χ4n) is 9.24. The lowest BCUT2D eigenvalue weighted by Crippen LogP contribution is -2.36. The van der Waals surface area contributed by atoms with Crippen LogP contribution < -0.4 is 26.8 Å². The molecule has 72 heavy (non-hydrogen) atoms. The van der Waals surface area contributed by atoms with E-state index in [1.54, 1.807) is 19.2 Å². The molecule has 0 fully saturated rings. The van der Waals surface area contributed by atoms with Gasteiger partial charge < -0.3 is 34.5 Å². The van der Waals surface area contributed by atoms with Crippen LogP contribution in [-0.2, 0) is 70.6 Å². The van der Waals surface area contributed by atoms with Gasteiger partial charge in [-0.1, -0.05) is 44.6 Å². The van der Waals surface area contributed by atoms with Gasteiger partial charge in [-0.25, -0.2) is 18.2 Å². The number of aryl methyl sites for hydroxylation is 2. The van der Waals surface area contributed by atoms with Crippen molar-refractivity contribution in [3.63, 3.8) is 0 Å². The van der Waals surface area contributed by atoms with Gasteiger partial charge in [0.15, 0.2) is 11.4 Å². The molecule has 4 heterocycles. The average molecular weight is 1040 g/mol. The molecule has 0 saturated carbocycles. The monoisotopic (exact) mass is 1030 g/mol. The van der Waals surface area contributed by atoms with Gasteiger partial charge in [0.2, 0.25) is 17.5 Å². The molecule has 2 aromatic carbocycles. The molecular weight excluding hydrogens is 969 g/mol. The van der Waals surface area contributed by atoms with Gasteiger partial charge in [0.25, 0.3) is 15.7 Å². The Morgan fingerprint density at radius 3 is 2.11 bits per heavy atom. The van der Waals surface area contributed by atoms with E-state index in [1.165, 1.54) is 35.9 Å². The van der Waals surface area contributed by atoms with Gasteiger partial charge >= 0.3 is 5.69 Å². The van der Waals surface area contributed by atoms with Crippen LogP contribution in [0, 0.1) is 0 Å². The van der Waals surface area contributed by atoms with Crippen molar-refractivity contribution in [1.29, 1.82) is 0 Å². The number of amides is 2. The average Bonchev–Trinajstić information content (AvgIpc) is 3.92. The normalized spacial score (nSPS) is 15.9. The predicted octanol–water partition coefficient (Wildman–Crippen LogP) is 4.15. The van der Waals surface area contributed by atoms with Crippen molar-refractivity contribution in [2.45, 2.75) is 100 Å². The molecule has 4 N–H and O–H groups in total. The number of fused-ring (bicyclic) bond motifs is 3. The number of hydrogen-bond donors (Lipinski definition) is 4. The minimum absolute atomic E-state index is 0.102. The standard InChI is InChI=1S/C50H66N8O12S2/c1-8-57-38-24-22-34(71(63,64)65)32-37(38)50(4,5)40(57)16-11-9-12-17-41-49(2,3)36-23-21-35(72(66,67)68)33-39(36)58(41)27-14-10-13-19-43(59)51-25-28-69-30-31-70-29-26-52-44(60)20-15-18-42-53-45-46(54-42)55(6)48(62)56(7)47(45)61/h9,11-12,16-17,21-24,32-33H,8,10,13-15,18-20,25-31H2,1-7H3,(H4-,51,52,53,54,59,60,61,63,64,65,66,67,68). The molecule has 390 valence electrons. The molecule has 0 atom stereocenters. The highest BCUT2D eigenvalue weighted by Crippen LogP contribution is 2.48. The SMILES string of the molecule is CC[N+]1=C(C=CC=CC=C2N(CCCCCC(=O)NCCOCCOCCNC(=O)CCCc3nc4c([nH]3)c(=O)n(C)c(=O)n4C)c3cc(S(=O)(=O)O)ccc3C2(C)C)C(C)(C)c2cc(S(=O)(=O)[O-])ccc21. The second-order valence-corrected chi connectivity index (χ2v) is 21.6. The maximum absolute atomic E-state index is 12.6. The number of rotatable bonds is 25. The fraction of sp³-hybridized carbons (Fsp3) is 0.480. The summed E-state index contributed by atoms with van der Waals surface area (Å²) in [5.74, 6) is 0.273. The number of imidazole rings is 1. The van der Waals surface area contributed by atoms with Crippen LogP contribution >= 0.6 is 0 Å². The summed E-state index contributed by atoms with van der Waals surface area (Å²) in [5.41, 5.74) is 3.54. The van der Waals surface area contributed by atoms with Crippen LogP contribution in [0.5, 0.6) is 0 Å². The number of carbonyl (C=O) groups is 2. The second-order valence-electron chi connectivity index (χ2n) is 18.8. The zero-order chi connectivity index (χ0) is 52.6. The van der Waals surface area contributed by atoms with Crippen molar-refractivity contribution in [3.8, 4) is 0 Å². The molecule has 6 rings (SSSR count). The van der Waals surface area contributed by atoms with Crippen LogP contribution in [0.1, 0.15) is 90.1 Å². The van der Waals surface area contributed by atoms with E-state index in [9.17, 15) is 45.1 Å². The van der Waals surface area contributed by atoms with Crippen molar-refractivity contribution >= 4 is 60.3 Å². The summed E-state index contributed by atoms with van der Waals surface area (Å²) >= 11 is 0. The van der Waals surface area contributed by atoms with Crippen molar-refractivity contribution in [2.75, 3.05) is 57.5 Å². The Hall–Kier alpha value is -6.04. The van der Waals surface area contributed by atoms with Crippen LogP contribution in [0.2, 0.25) is 0 Å². The summed E-state index contributed by atoms with van der Waals surface area (Å²) in [6.07, 6.45) is 13.2. The Balaban J connectivity index is 0.899. The number of aromatic nitrogens is 4. The molecule has 0 radical (unpaired) electrons. The van der Waals surface area contributed by atoms with E-state index in [2.05, 4.69) is 43.9 Å². The van der Waals surface area contributed by atoms with Crippen molar-refractivity contribution < 1.29 is 49.6 Å². The highest BCUT2D eigenvalue weighted by molar-refractivity contribution is 7.86. The maximum Gasteiger partial charge on any atom is 0.332 e. The minimum atomic E-state index is -4.62. The molecule has 0 bridgehead atoms. The highest BCUT2D eigenvalue weighted by Gasteiger charge is 2.44. The van der Waals surface area contributed by atoms with Crippen LogP contribution in [-0.4, -0.2) is 120 Å². The molecule has 2 aliphatic heterocycles. The number of nitrogens with one attached hydrogen (secondary N) is 3. The first-order valence-electron chi connectivity index (χ1n) is 24.0. The number of aromatic amines is 1. The van der Waals surface area contributed by atoms with Gasteiger partial charge in [0.1, 0.15) is 28.0 Å². The summed E-state index contributed by atoms with van der Waals surface area (Å²) in [6, 6.07) is 9.11. The number of carbonyl (C=O) groups excluding carboxylic acids is 2. The third-order valence-electron chi connectivity index (χ3n) is 13.1. The first-order valence-corrected chi connectivity index (χ1v) is 26.9. The summed E-state index contributed by atoms with van der Waals surface area (Å²) in [7, 11) is -6.13. The lowest BCUT2D eigenvalue weighted by Gasteiger charge is -2.27. The lowest BCUT2D eigenvalue weighted by molar-refractivity contribution is -0.433. The molecular formula is C50H66N8O12S2. The number of ether oxygens (including phenoxy) is 2. The highest BCUT2D eigenvalue weighted by atomic mass is 32.2. The molecule has 0 saturated heterocycles. The second kappa shape index (κ2) is 23.2. The summed E-state index contributed by atoms with van der Waals surface area (Å²) < 4.78 is 85.2. The molecule has 22 heteroatoms. The number of allylic oxidation sites excluding steroid dienone is 6. The largest absolute Gasteiger partial charge is 0.744 e. The Bertz CT molecular complexity index is 3160. The van der Waals surface area contributed by atoms with E-state index in [-0.39, 0.29) is 39.2 Å². The molecule has 0 unspecified atom stereocenters. The molecule has 2 aromatic heterocycles. The molecule has 0 aliphatic carbocycles. The number of hydrogen-bond acceptors (Lipinski definition) is 13. The molecule has 20 nitrogen and oxygen atoms in total. The van der Waals surface area contributed by atoms with Crippen molar-refractivity contribution in [3.05, 3.63) is 110 Å². The maximum atomic E-state index is 12.6. The van der Waals surface area contributed by atoms with E-state index in [1.807, 2.05) is 51.2 Å². The van der Waals surface area contributed by atoms with Gasteiger partial charge in [-0.2, -0.15) is 13.0 Å². The van der Waals surface area contributed by atoms with Crippen LogP contribution in [0.3, 0.4) is 0 Å². The fourth-order valence-corrected chi connectivity index (χ4v) is 10.2. The van der Waals surface area contributed by atoms with Gasteiger partial charge in [-0.3, -0.25) is 28.1 Å². The lowest BCUT2D eigenvalue weighted by atomic mass is 9.81. The van der Waals surface area contributed by atoms with E-state index in [0.29, 0.717) is 96.2 Å². The number of anilines is 1. The Labute approximate surface area is 420 Å². The summed E-state index contributed by atoms with van der Waals surface area (Å²) in [4.78, 5) is 58.3. The number of H-pyrrole nitrogens is 1. The topological polar surface area (TPSA) is 267 Å². The Kier molecular flexibility index (Phi) is 17.8. The van der Waals surface area contributed by atoms with Gasteiger partial charge in [0, 0.05) is 87.5 Å². The first kappa shape index (κ1) is 55.3. The number of benzene rings is 2. The quantitative estimate of drug-likeness (QED) is 0.0315. The first-order chi connectivity index (χ1) is 34.0. The van der Waals surface area contributed by atoms with Crippen LogP contribution in [0.15, 0.2) is 91.9 Å². The molecule has 2 aliphatic rings.